The van der Waals surface area contributed by atoms with Crippen LogP contribution >= 0.6 is 12.4 Å². The standard InChI is InChI=1S/C24H34N6O3S.ClH.H2O/c1-5-34(31,32)28(3)20-8-9-22-21(13-20)19(14-26-22)7-6-10-29-11-12-30(18(2)16-29)24-23(33-4)15-25-17-27-24;;/h8-9,13-15,17-18,26H,5-7,10-12,16H2,1-4H3;1H;1H2. The number of ether oxygens (including phenoxy) is 1. The fraction of sp³-hybridized carbons (Fsp3) is 0.500. The number of benzene rings is 1. The van der Waals surface area contributed by atoms with Gasteiger partial charge in [0.15, 0.2) is 11.6 Å². The van der Waals surface area contributed by atoms with Crippen molar-refractivity contribution in [1.82, 2.24) is 19.9 Å². The van der Waals surface area contributed by atoms with Crippen LogP contribution in [0.2, 0.25) is 0 Å². The Bertz CT molecular complexity index is 1240. The quantitative estimate of drug-likeness (QED) is 0.442. The summed E-state index contributed by atoms with van der Waals surface area (Å²) in [4.78, 5) is 16.6. The van der Waals surface area contributed by atoms with E-state index >= 15 is 0 Å². The lowest BCUT2D eigenvalue weighted by molar-refractivity contribution is 0.225. The Hall–Kier alpha value is -2.60. The summed E-state index contributed by atoms with van der Waals surface area (Å²) in [5.41, 5.74) is 2.94. The summed E-state index contributed by atoms with van der Waals surface area (Å²) in [6.45, 7) is 7.71. The van der Waals surface area contributed by atoms with Gasteiger partial charge in [0.25, 0.3) is 0 Å². The number of sulfonamides is 1. The van der Waals surface area contributed by atoms with E-state index in [1.165, 1.54) is 9.87 Å². The molecule has 3 heterocycles. The maximum absolute atomic E-state index is 12.3. The number of halogens is 1. The van der Waals surface area contributed by atoms with Gasteiger partial charge in [0, 0.05) is 49.8 Å². The van der Waals surface area contributed by atoms with Crippen molar-refractivity contribution in [2.45, 2.75) is 32.7 Å². The Labute approximate surface area is 219 Å². The highest BCUT2D eigenvalue weighted by Gasteiger charge is 2.26. The SMILES string of the molecule is CCS(=O)(=O)N(C)c1ccc2[nH]cc(CCCN3CCN(c4ncncc4OC)C(C)C3)c2c1.Cl.O. The molecule has 1 aromatic carbocycles. The number of rotatable bonds is 9. The molecule has 0 saturated carbocycles. The molecule has 0 aliphatic carbocycles. The monoisotopic (exact) mass is 540 g/mol. The zero-order valence-corrected chi connectivity index (χ0v) is 22.9. The molecule has 1 aliphatic rings. The molecule has 36 heavy (non-hydrogen) atoms. The molecule has 3 aromatic rings. The number of hydrogen-bond donors (Lipinski definition) is 1. The van der Waals surface area contributed by atoms with Gasteiger partial charge >= 0.3 is 0 Å². The molecule has 0 spiro atoms. The molecule has 0 bridgehead atoms. The average molecular weight is 541 g/mol. The van der Waals surface area contributed by atoms with Crippen molar-refractivity contribution < 1.29 is 18.6 Å². The molecular weight excluding hydrogens is 504 g/mol. The van der Waals surface area contributed by atoms with Gasteiger partial charge in [0.05, 0.1) is 24.7 Å². The van der Waals surface area contributed by atoms with E-state index in [0.29, 0.717) is 17.5 Å². The predicted molar refractivity (Wildman–Crippen MR) is 147 cm³/mol. The number of aryl methyl sites for hydroxylation is 1. The van der Waals surface area contributed by atoms with Crippen molar-refractivity contribution in [2.75, 3.05) is 55.3 Å². The number of anilines is 2. The molecule has 2 aromatic heterocycles. The van der Waals surface area contributed by atoms with Gasteiger partial charge in [-0.2, -0.15) is 0 Å². The predicted octanol–water partition coefficient (Wildman–Crippen LogP) is 2.49. The van der Waals surface area contributed by atoms with Crippen LogP contribution in [0.4, 0.5) is 11.5 Å². The van der Waals surface area contributed by atoms with Crippen molar-refractivity contribution >= 4 is 44.8 Å². The molecule has 0 radical (unpaired) electrons. The van der Waals surface area contributed by atoms with Gasteiger partial charge < -0.3 is 20.1 Å². The van der Waals surface area contributed by atoms with Gasteiger partial charge in [-0.05, 0) is 57.0 Å². The topological polar surface area (TPSA) is 126 Å². The summed E-state index contributed by atoms with van der Waals surface area (Å²) in [5.74, 6) is 1.64. The van der Waals surface area contributed by atoms with Crippen molar-refractivity contribution in [3.8, 4) is 5.75 Å². The maximum Gasteiger partial charge on any atom is 0.234 e. The third-order valence-corrected chi connectivity index (χ3v) is 8.45. The van der Waals surface area contributed by atoms with Crippen molar-refractivity contribution in [3.63, 3.8) is 0 Å². The first-order valence-electron chi connectivity index (χ1n) is 11.7. The third kappa shape index (κ3) is 6.20. The Kier molecular flexibility index (Phi) is 10.4. The summed E-state index contributed by atoms with van der Waals surface area (Å²) in [6, 6.07) is 6.11. The summed E-state index contributed by atoms with van der Waals surface area (Å²) >= 11 is 0. The molecule has 1 aliphatic heterocycles. The first-order valence-corrected chi connectivity index (χ1v) is 13.3. The van der Waals surface area contributed by atoms with Crippen LogP contribution in [-0.2, 0) is 16.4 Å². The van der Waals surface area contributed by atoms with Crippen LogP contribution in [0.25, 0.3) is 10.9 Å². The normalized spacial score (nSPS) is 16.3. The van der Waals surface area contributed by atoms with E-state index in [0.717, 1.165) is 55.7 Å². The smallest absolute Gasteiger partial charge is 0.234 e. The zero-order chi connectivity index (χ0) is 24.3. The Morgan fingerprint density at radius 1 is 1.28 bits per heavy atom. The van der Waals surface area contributed by atoms with Gasteiger partial charge in [-0.1, -0.05) is 0 Å². The van der Waals surface area contributed by atoms with Crippen molar-refractivity contribution in [3.05, 3.63) is 42.5 Å². The number of aromatic nitrogens is 3. The highest BCUT2D eigenvalue weighted by atomic mass is 35.5. The second-order valence-electron chi connectivity index (χ2n) is 8.77. The van der Waals surface area contributed by atoms with E-state index in [1.54, 1.807) is 33.6 Å². The van der Waals surface area contributed by atoms with E-state index in [9.17, 15) is 8.42 Å². The lowest BCUT2D eigenvalue weighted by Crippen LogP contribution is -2.52. The van der Waals surface area contributed by atoms with Crippen LogP contribution in [0.15, 0.2) is 36.9 Å². The van der Waals surface area contributed by atoms with E-state index in [1.807, 2.05) is 24.4 Å². The first kappa shape index (κ1) is 29.6. The highest BCUT2D eigenvalue weighted by molar-refractivity contribution is 7.92. The number of fused-ring (bicyclic) bond motifs is 1. The van der Waals surface area contributed by atoms with Gasteiger partial charge in [-0.25, -0.2) is 18.4 Å². The number of piperazine rings is 1. The lowest BCUT2D eigenvalue weighted by atomic mass is 10.1. The van der Waals surface area contributed by atoms with E-state index in [2.05, 4.69) is 31.7 Å². The Balaban J connectivity index is 0.00000228. The molecule has 200 valence electrons. The molecule has 12 heteroatoms. The Morgan fingerprint density at radius 2 is 2.06 bits per heavy atom. The van der Waals surface area contributed by atoms with Crippen LogP contribution in [-0.4, -0.2) is 85.9 Å². The van der Waals surface area contributed by atoms with Crippen LogP contribution < -0.4 is 13.9 Å². The van der Waals surface area contributed by atoms with Crippen LogP contribution in [0, 0.1) is 0 Å². The second kappa shape index (κ2) is 12.6. The first-order chi connectivity index (χ1) is 16.3. The summed E-state index contributed by atoms with van der Waals surface area (Å²) in [5, 5.41) is 1.09. The number of hydrogen-bond acceptors (Lipinski definition) is 7. The minimum absolute atomic E-state index is 0. The number of methoxy groups -OCH3 is 1. The third-order valence-electron chi connectivity index (χ3n) is 6.68. The van der Waals surface area contributed by atoms with Crippen LogP contribution in [0.5, 0.6) is 5.75 Å². The van der Waals surface area contributed by atoms with Gasteiger partial charge in [-0.15, -0.1) is 12.4 Å². The summed E-state index contributed by atoms with van der Waals surface area (Å²) < 4.78 is 31.4. The fourth-order valence-electron chi connectivity index (χ4n) is 4.64. The zero-order valence-electron chi connectivity index (χ0n) is 21.3. The van der Waals surface area contributed by atoms with E-state index in [-0.39, 0.29) is 23.6 Å². The molecule has 1 fully saturated rings. The van der Waals surface area contributed by atoms with Crippen LogP contribution in [0.3, 0.4) is 0 Å². The Morgan fingerprint density at radius 3 is 2.75 bits per heavy atom. The molecule has 1 saturated heterocycles. The summed E-state index contributed by atoms with van der Waals surface area (Å²) in [7, 11) is -0.0194. The summed E-state index contributed by atoms with van der Waals surface area (Å²) in [6.07, 6.45) is 7.29. The maximum atomic E-state index is 12.3. The van der Waals surface area contributed by atoms with Crippen molar-refractivity contribution in [2.24, 2.45) is 0 Å². The largest absolute Gasteiger partial charge is 0.491 e. The minimum Gasteiger partial charge on any atom is -0.491 e. The number of H-pyrrole nitrogens is 1. The highest BCUT2D eigenvalue weighted by Crippen LogP contribution is 2.28. The van der Waals surface area contributed by atoms with Gasteiger partial charge in [0.2, 0.25) is 10.0 Å². The molecular formula is C24H37ClN6O4S. The number of nitrogens with one attached hydrogen (secondary N) is 1. The molecule has 3 N–H and O–H groups in total. The minimum atomic E-state index is -3.28. The molecule has 0 amide bonds. The van der Waals surface area contributed by atoms with E-state index in [4.69, 9.17) is 4.74 Å². The number of nitrogens with zero attached hydrogens (tertiary/aromatic N) is 5. The lowest BCUT2D eigenvalue weighted by Gasteiger charge is -2.40. The van der Waals surface area contributed by atoms with E-state index < -0.39 is 10.0 Å². The number of aromatic amines is 1. The molecule has 1 unspecified atom stereocenters. The van der Waals surface area contributed by atoms with Crippen molar-refractivity contribution in [1.29, 1.82) is 0 Å². The molecule has 10 nitrogen and oxygen atoms in total. The molecule has 4 rings (SSSR count). The average Bonchev–Trinajstić information content (AvgIpc) is 3.26. The van der Waals surface area contributed by atoms with Gasteiger partial charge in [0.1, 0.15) is 6.33 Å². The van der Waals surface area contributed by atoms with Gasteiger partial charge in [-0.3, -0.25) is 9.21 Å². The molecule has 1 atom stereocenters. The van der Waals surface area contributed by atoms with Crippen LogP contribution in [0.1, 0.15) is 25.8 Å². The fourth-order valence-corrected chi connectivity index (χ4v) is 5.46. The second-order valence-corrected chi connectivity index (χ2v) is 11.1.